The highest BCUT2D eigenvalue weighted by Gasteiger charge is 2.20. The number of nitrogen functional groups attached to an aromatic ring is 1. The summed E-state index contributed by atoms with van der Waals surface area (Å²) in [6.45, 7) is -1.48. The molecule has 0 radical (unpaired) electrons. The quantitative estimate of drug-likeness (QED) is 0.727. The number of nitrogens with zero attached hydrogens (tertiary/aromatic N) is 3. The largest absolute Gasteiger partial charge is 0.433 e. The van der Waals surface area contributed by atoms with Crippen LogP contribution in [0.2, 0.25) is 0 Å². The summed E-state index contributed by atoms with van der Waals surface area (Å²) in [5.41, 5.74) is 5.90. The van der Waals surface area contributed by atoms with Gasteiger partial charge in [0.15, 0.2) is 0 Å². The van der Waals surface area contributed by atoms with Crippen LogP contribution in [0.5, 0.6) is 5.75 Å². The minimum atomic E-state index is -3.03. The number of ether oxygens (including phenoxy) is 1. The van der Waals surface area contributed by atoms with E-state index in [1.807, 2.05) is 12.1 Å². The van der Waals surface area contributed by atoms with Crippen LogP contribution < -0.4 is 15.8 Å². The minimum absolute atomic E-state index is 0.0534. The van der Waals surface area contributed by atoms with Crippen molar-refractivity contribution in [3.8, 4) is 17.9 Å². The number of hydrogen-bond donors (Lipinski definition) is 2. The maximum absolute atomic E-state index is 12.5. The molecule has 0 saturated heterocycles. The summed E-state index contributed by atoms with van der Waals surface area (Å²) in [6.07, 6.45) is 0. The van der Waals surface area contributed by atoms with Gasteiger partial charge in [0.25, 0.3) is 0 Å². The Morgan fingerprint density at radius 1 is 1.30 bits per heavy atom. The third-order valence-corrected chi connectivity index (χ3v) is 4.38. The van der Waals surface area contributed by atoms with E-state index in [9.17, 15) is 18.8 Å². The van der Waals surface area contributed by atoms with Crippen molar-refractivity contribution in [3.05, 3.63) is 41.5 Å². The summed E-state index contributed by atoms with van der Waals surface area (Å²) in [4.78, 5) is 16.4. The molecule has 0 aliphatic carbocycles. The van der Waals surface area contributed by atoms with Crippen molar-refractivity contribution in [1.82, 2.24) is 4.98 Å². The number of alkyl halides is 2. The second-order valence-electron chi connectivity index (χ2n) is 5.12. The monoisotopic (exact) mass is 389 g/mol. The lowest BCUT2D eigenvalue weighted by molar-refractivity contribution is -0.115. The number of rotatable bonds is 6. The third-order valence-electron chi connectivity index (χ3n) is 3.28. The second-order valence-corrected chi connectivity index (χ2v) is 6.45. The van der Waals surface area contributed by atoms with Gasteiger partial charge in [-0.25, -0.2) is 4.98 Å². The smallest absolute Gasteiger partial charge is 0.387 e. The maximum atomic E-state index is 12.5. The van der Waals surface area contributed by atoms with Gasteiger partial charge in [-0.05, 0) is 25.1 Å². The summed E-state index contributed by atoms with van der Waals surface area (Å²) in [5.74, 6) is -0.738. The highest BCUT2D eigenvalue weighted by atomic mass is 32.2. The summed E-state index contributed by atoms with van der Waals surface area (Å²) in [5, 5.41) is 20.1. The van der Waals surface area contributed by atoms with E-state index in [1.165, 1.54) is 24.3 Å². The Kier molecular flexibility index (Phi) is 6.52. The number of para-hydroxylation sites is 2. The van der Waals surface area contributed by atoms with Crippen molar-refractivity contribution in [2.45, 2.75) is 23.8 Å². The van der Waals surface area contributed by atoms with Gasteiger partial charge in [-0.15, -0.1) is 0 Å². The van der Waals surface area contributed by atoms with Crippen LogP contribution >= 0.6 is 11.8 Å². The Morgan fingerprint density at radius 3 is 2.59 bits per heavy atom. The lowest BCUT2D eigenvalue weighted by Gasteiger charge is -2.15. The molecule has 0 unspecified atom stereocenters. The molecule has 0 aliphatic rings. The van der Waals surface area contributed by atoms with E-state index in [0.717, 1.165) is 11.8 Å². The number of halogens is 2. The fourth-order valence-electron chi connectivity index (χ4n) is 1.99. The average Bonchev–Trinajstić information content (AvgIpc) is 2.63. The molecule has 0 saturated carbocycles. The van der Waals surface area contributed by atoms with Gasteiger partial charge >= 0.3 is 6.61 Å². The molecule has 0 spiro atoms. The molecule has 0 aliphatic heterocycles. The number of anilines is 2. The van der Waals surface area contributed by atoms with Crippen molar-refractivity contribution >= 4 is 29.2 Å². The lowest BCUT2D eigenvalue weighted by Crippen LogP contribution is -2.23. The number of aromatic nitrogens is 1. The zero-order valence-electron chi connectivity index (χ0n) is 13.9. The van der Waals surface area contributed by atoms with Gasteiger partial charge in [0.1, 0.15) is 28.7 Å². The van der Waals surface area contributed by atoms with Gasteiger partial charge in [-0.1, -0.05) is 23.9 Å². The van der Waals surface area contributed by atoms with Crippen LogP contribution in [0.25, 0.3) is 0 Å². The lowest BCUT2D eigenvalue weighted by atomic mass is 10.2. The number of amides is 1. The zero-order chi connectivity index (χ0) is 20.0. The van der Waals surface area contributed by atoms with Gasteiger partial charge < -0.3 is 15.8 Å². The van der Waals surface area contributed by atoms with Crippen molar-refractivity contribution in [2.75, 3.05) is 11.1 Å². The van der Waals surface area contributed by atoms with Crippen molar-refractivity contribution in [1.29, 1.82) is 10.5 Å². The third kappa shape index (κ3) is 5.06. The predicted molar refractivity (Wildman–Crippen MR) is 95.1 cm³/mol. The molecule has 1 aromatic heterocycles. The molecule has 1 amide bonds. The van der Waals surface area contributed by atoms with E-state index in [-0.39, 0.29) is 33.4 Å². The number of thioether (sulfide) groups is 1. The van der Waals surface area contributed by atoms with E-state index in [1.54, 1.807) is 13.0 Å². The van der Waals surface area contributed by atoms with Crippen LogP contribution in [-0.2, 0) is 4.79 Å². The standard InChI is InChI=1S/C17H13F2N5O2S/c1-9(27-16-11(8-21)6-10(7-20)14(22)24-16)15(25)23-12-4-2-3-5-13(12)26-17(18)19/h2-6,9,17H,1H3,(H2,22,24)(H,23,25)/t9-/m1/s1. The number of carbonyl (C=O) groups is 1. The van der Waals surface area contributed by atoms with Crippen LogP contribution in [0.1, 0.15) is 18.1 Å². The Balaban J connectivity index is 2.17. The molecule has 7 nitrogen and oxygen atoms in total. The van der Waals surface area contributed by atoms with Gasteiger partial charge in [0.2, 0.25) is 5.91 Å². The number of hydrogen-bond acceptors (Lipinski definition) is 7. The molecule has 27 heavy (non-hydrogen) atoms. The number of nitriles is 2. The highest BCUT2D eigenvalue weighted by molar-refractivity contribution is 8.00. The molecule has 1 heterocycles. The first kappa shape index (κ1) is 19.9. The topological polar surface area (TPSA) is 125 Å². The van der Waals surface area contributed by atoms with Gasteiger partial charge in [-0.3, -0.25) is 4.79 Å². The average molecular weight is 389 g/mol. The summed E-state index contributed by atoms with van der Waals surface area (Å²) in [7, 11) is 0. The van der Waals surface area contributed by atoms with Crippen LogP contribution in [0.3, 0.4) is 0 Å². The van der Waals surface area contributed by atoms with E-state index in [0.29, 0.717) is 0 Å². The van der Waals surface area contributed by atoms with Crippen LogP contribution in [0, 0.1) is 22.7 Å². The summed E-state index contributed by atoms with van der Waals surface area (Å²) >= 11 is 0.951. The first-order valence-corrected chi connectivity index (χ1v) is 8.35. The van der Waals surface area contributed by atoms with Crippen LogP contribution in [0.15, 0.2) is 35.4 Å². The molecule has 1 aromatic carbocycles. The number of nitrogens with one attached hydrogen (secondary N) is 1. The molecule has 0 bridgehead atoms. The molecule has 2 rings (SSSR count). The number of benzene rings is 1. The van der Waals surface area contributed by atoms with E-state index in [4.69, 9.17) is 11.0 Å². The van der Waals surface area contributed by atoms with E-state index >= 15 is 0 Å². The first-order chi connectivity index (χ1) is 12.8. The second kappa shape index (κ2) is 8.83. The van der Waals surface area contributed by atoms with Crippen molar-refractivity contribution in [2.24, 2.45) is 0 Å². The maximum Gasteiger partial charge on any atom is 0.387 e. The molecular formula is C17H13F2N5O2S. The molecule has 1 atom stereocenters. The fourth-order valence-corrected chi connectivity index (χ4v) is 2.88. The molecule has 0 fully saturated rings. The van der Waals surface area contributed by atoms with Crippen molar-refractivity contribution < 1.29 is 18.3 Å². The predicted octanol–water partition coefficient (Wildman–Crippen LogP) is 3.13. The minimum Gasteiger partial charge on any atom is -0.433 e. The van der Waals surface area contributed by atoms with Crippen LogP contribution in [0.4, 0.5) is 20.3 Å². The highest BCUT2D eigenvalue weighted by Crippen LogP contribution is 2.30. The van der Waals surface area contributed by atoms with Crippen molar-refractivity contribution in [3.63, 3.8) is 0 Å². The number of nitrogens with two attached hydrogens (primary N) is 1. The molecule has 10 heteroatoms. The molecule has 3 N–H and O–H groups in total. The van der Waals surface area contributed by atoms with Gasteiger partial charge in [0.05, 0.1) is 22.1 Å². The number of carbonyl (C=O) groups excluding carboxylic acids is 1. The van der Waals surface area contributed by atoms with Gasteiger partial charge in [-0.2, -0.15) is 19.3 Å². The molecule has 138 valence electrons. The van der Waals surface area contributed by atoms with E-state index < -0.39 is 17.8 Å². The van der Waals surface area contributed by atoms with E-state index in [2.05, 4.69) is 15.0 Å². The Hall–Kier alpha value is -3.37. The number of pyridine rings is 1. The first-order valence-electron chi connectivity index (χ1n) is 7.47. The molecular weight excluding hydrogens is 376 g/mol. The molecule has 2 aromatic rings. The van der Waals surface area contributed by atoms with Gasteiger partial charge in [0, 0.05) is 0 Å². The Morgan fingerprint density at radius 2 is 1.96 bits per heavy atom. The summed E-state index contributed by atoms with van der Waals surface area (Å²) in [6, 6.07) is 10.8. The zero-order valence-corrected chi connectivity index (χ0v) is 14.8. The normalized spacial score (nSPS) is 11.3. The Labute approximate surface area is 157 Å². The van der Waals surface area contributed by atoms with Crippen LogP contribution in [-0.4, -0.2) is 22.8 Å². The Bertz CT molecular complexity index is 940. The fraction of sp³-hybridized carbons (Fsp3) is 0.176. The summed E-state index contributed by atoms with van der Waals surface area (Å²) < 4.78 is 29.3. The SMILES string of the molecule is C[C@@H](Sc1nc(N)c(C#N)cc1C#N)C(=O)Nc1ccccc1OC(F)F.